The number of allylic oxidation sites excluding steroid dienone is 5. The highest BCUT2D eigenvalue weighted by Crippen LogP contribution is 1.97. The van der Waals surface area contributed by atoms with Crippen molar-refractivity contribution in [3.63, 3.8) is 0 Å². The van der Waals surface area contributed by atoms with E-state index < -0.39 is 0 Å². The van der Waals surface area contributed by atoms with Crippen molar-refractivity contribution in [3.05, 3.63) is 35.9 Å². The number of rotatable bonds is 3. The van der Waals surface area contributed by atoms with Crippen molar-refractivity contribution in [2.45, 2.75) is 13.3 Å². The maximum Gasteiger partial charge on any atom is 0.0334 e. The molecule has 0 heterocycles. The van der Waals surface area contributed by atoms with Gasteiger partial charge in [-0.3, -0.25) is 0 Å². The van der Waals surface area contributed by atoms with Crippen LogP contribution in [-0.2, 0) is 0 Å². The lowest BCUT2D eigenvalue weighted by Gasteiger charge is -1.77. The molecule has 0 aromatic heterocycles. The Morgan fingerprint density at radius 1 is 1.56 bits per heavy atom. The van der Waals surface area contributed by atoms with E-state index in [0.717, 1.165) is 6.42 Å². The second-order valence-corrected chi connectivity index (χ2v) is 2.13. The summed E-state index contributed by atoms with van der Waals surface area (Å²) >= 11 is 5.44. The molecule has 0 atom stereocenters. The summed E-state index contributed by atoms with van der Waals surface area (Å²) < 4.78 is 0. The highest BCUT2D eigenvalue weighted by molar-refractivity contribution is 6.30. The Bertz CT molecular complexity index is 132. The summed E-state index contributed by atoms with van der Waals surface area (Å²) in [6.07, 6.45) is 8.69. The van der Waals surface area contributed by atoms with Crippen molar-refractivity contribution in [2.75, 3.05) is 0 Å². The fourth-order valence-electron chi connectivity index (χ4n) is 0.375. The zero-order valence-electron chi connectivity index (χ0n) is 5.60. The number of halogens is 1. The van der Waals surface area contributed by atoms with Gasteiger partial charge in [-0.2, -0.15) is 0 Å². The van der Waals surface area contributed by atoms with Crippen LogP contribution in [0.5, 0.6) is 0 Å². The molecule has 0 nitrogen and oxygen atoms in total. The van der Waals surface area contributed by atoms with E-state index in [9.17, 15) is 0 Å². The summed E-state index contributed by atoms with van der Waals surface area (Å²) in [4.78, 5) is 0. The van der Waals surface area contributed by atoms with Crippen LogP contribution in [0.3, 0.4) is 0 Å². The van der Waals surface area contributed by atoms with Gasteiger partial charge in [0.2, 0.25) is 0 Å². The predicted molar refractivity (Wildman–Crippen MR) is 43.6 cm³/mol. The Morgan fingerprint density at radius 2 is 2.22 bits per heavy atom. The first-order valence-electron chi connectivity index (χ1n) is 2.95. The maximum absolute atomic E-state index is 5.44. The van der Waals surface area contributed by atoms with E-state index in [-0.39, 0.29) is 0 Å². The molecule has 0 fully saturated rings. The summed E-state index contributed by atoms with van der Waals surface area (Å²) in [5.41, 5.74) is 0. The first-order chi connectivity index (χ1) is 4.27. The van der Waals surface area contributed by atoms with Crippen LogP contribution in [0.2, 0.25) is 0 Å². The molecular formula is C8H11Cl. The lowest BCUT2D eigenvalue weighted by molar-refractivity contribution is 1.22. The lowest BCUT2D eigenvalue weighted by atomic mass is 10.4. The van der Waals surface area contributed by atoms with Crippen molar-refractivity contribution in [1.82, 2.24) is 0 Å². The van der Waals surface area contributed by atoms with Crippen LogP contribution in [0.15, 0.2) is 35.9 Å². The zero-order chi connectivity index (χ0) is 7.11. The minimum atomic E-state index is 0.566. The number of hydrogen-bond donors (Lipinski definition) is 0. The summed E-state index contributed by atoms with van der Waals surface area (Å²) in [5, 5.41) is 0.566. The summed E-state index contributed by atoms with van der Waals surface area (Å²) in [7, 11) is 0. The molecule has 1 heteroatoms. The van der Waals surface area contributed by atoms with Gasteiger partial charge in [-0.25, -0.2) is 0 Å². The van der Waals surface area contributed by atoms with E-state index in [2.05, 4.69) is 19.6 Å². The zero-order valence-corrected chi connectivity index (χ0v) is 6.36. The highest BCUT2D eigenvalue weighted by Gasteiger charge is 1.70. The van der Waals surface area contributed by atoms with Gasteiger partial charge in [-0.1, -0.05) is 43.3 Å². The van der Waals surface area contributed by atoms with Crippen LogP contribution >= 0.6 is 11.6 Å². The van der Waals surface area contributed by atoms with E-state index in [1.165, 1.54) is 0 Å². The molecule has 0 saturated carbocycles. The molecule has 0 aromatic rings. The van der Waals surface area contributed by atoms with Gasteiger partial charge in [0.15, 0.2) is 0 Å². The summed E-state index contributed by atoms with van der Waals surface area (Å²) in [6.45, 7) is 5.58. The van der Waals surface area contributed by atoms with Crippen LogP contribution < -0.4 is 0 Å². The third kappa shape index (κ3) is 7.51. The first-order valence-corrected chi connectivity index (χ1v) is 3.32. The molecule has 0 N–H and O–H groups in total. The lowest BCUT2D eigenvalue weighted by Crippen LogP contribution is -1.54. The molecule has 9 heavy (non-hydrogen) atoms. The van der Waals surface area contributed by atoms with Crippen LogP contribution in [0.1, 0.15) is 13.3 Å². The van der Waals surface area contributed by atoms with Gasteiger partial charge in [-0.05, 0) is 12.5 Å². The Hall–Kier alpha value is -0.490. The molecule has 0 saturated heterocycles. The molecule has 0 aliphatic rings. The standard InChI is InChI=1S/C8H11Cl/c1-3-4-5-6-7-8(2)9/h4-7H,2-3H2,1H3/b5-4-,7-6-. The average Bonchev–Trinajstić information content (AvgIpc) is 1.80. The maximum atomic E-state index is 5.44. The van der Waals surface area contributed by atoms with Gasteiger partial charge in [0.1, 0.15) is 0 Å². The van der Waals surface area contributed by atoms with Crippen LogP contribution in [-0.4, -0.2) is 0 Å². The van der Waals surface area contributed by atoms with Crippen LogP contribution in [0, 0.1) is 0 Å². The average molecular weight is 143 g/mol. The third-order valence-corrected chi connectivity index (χ3v) is 0.886. The van der Waals surface area contributed by atoms with E-state index >= 15 is 0 Å². The molecule has 0 amide bonds. The minimum Gasteiger partial charge on any atom is -0.0850 e. The second kappa shape index (κ2) is 5.64. The molecule has 0 spiro atoms. The summed E-state index contributed by atoms with van der Waals surface area (Å²) in [5.74, 6) is 0. The van der Waals surface area contributed by atoms with Gasteiger partial charge in [0.25, 0.3) is 0 Å². The van der Waals surface area contributed by atoms with Crippen molar-refractivity contribution in [2.24, 2.45) is 0 Å². The summed E-state index contributed by atoms with van der Waals surface area (Å²) in [6, 6.07) is 0. The van der Waals surface area contributed by atoms with Crippen molar-refractivity contribution < 1.29 is 0 Å². The topological polar surface area (TPSA) is 0 Å². The quantitative estimate of drug-likeness (QED) is 0.531. The fraction of sp³-hybridized carbons (Fsp3) is 0.250. The Balaban J connectivity index is 3.47. The Morgan fingerprint density at radius 3 is 2.67 bits per heavy atom. The van der Waals surface area contributed by atoms with Crippen molar-refractivity contribution in [1.29, 1.82) is 0 Å². The predicted octanol–water partition coefficient (Wildman–Crippen LogP) is 3.26. The fourth-order valence-corrected chi connectivity index (χ4v) is 0.447. The van der Waals surface area contributed by atoms with Crippen LogP contribution in [0.4, 0.5) is 0 Å². The number of hydrogen-bond acceptors (Lipinski definition) is 0. The molecule has 0 unspecified atom stereocenters. The van der Waals surface area contributed by atoms with E-state index in [0.29, 0.717) is 5.03 Å². The first kappa shape index (κ1) is 8.51. The molecule has 0 aliphatic heterocycles. The molecule has 0 aliphatic carbocycles. The van der Waals surface area contributed by atoms with Crippen LogP contribution in [0.25, 0.3) is 0 Å². The van der Waals surface area contributed by atoms with Gasteiger partial charge in [0, 0.05) is 5.03 Å². The van der Waals surface area contributed by atoms with Gasteiger partial charge >= 0.3 is 0 Å². The molecule has 0 bridgehead atoms. The normalized spacial score (nSPS) is 11.3. The molecule has 0 radical (unpaired) electrons. The highest BCUT2D eigenvalue weighted by atomic mass is 35.5. The van der Waals surface area contributed by atoms with Gasteiger partial charge in [-0.15, -0.1) is 0 Å². The largest absolute Gasteiger partial charge is 0.0850 e. The van der Waals surface area contributed by atoms with Gasteiger partial charge < -0.3 is 0 Å². The van der Waals surface area contributed by atoms with E-state index in [1.54, 1.807) is 6.08 Å². The van der Waals surface area contributed by atoms with E-state index in [4.69, 9.17) is 11.6 Å². The van der Waals surface area contributed by atoms with Crippen molar-refractivity contribution in [3.8, 4) is 0 Å². The SMILES string of the molecule is C=C(Cl)/C=C\C=C/CC. The Kier molecular flexibility index (Phi) is 5.34. The molecule has 0 rings (SSSR count). The van der Waals surface area contributed by atoms with E-state index in [1.807, 2.05) is 12.2 Å². The third-order valence-electron chi connectivity index (χ3n) is 0.760. The monoisotopic (exact) mass is 142 g/mol. The smallest absolute Gasteiger partial charge is 0.0334 e. The molecular weight excluding hydrogens is 132 g/mol. The Labute approximate surface area is 61.5 Å². The minimum absolute atomic E-state index is 0.566. The molecule has 0 aromatic carbocycles. The van der Waals surface area contributed by atoms with Crippen molar-refractivity contribution >= 4 is 11.6 Å². The second-order valence-electron chi connectivity index (χ2n) is 1.64. The van der Waals surface area contributed by atoms with Gasteiger partial charge in [0.05, 0.1) is 0 Å². The molecule has 50 valence electrons.